The number of benzene rings is 1. The van der Waals surface area contributed by atoms with Gasteiger partial charge in [0.05, 0.1) is 14.6 Å². The molecular weight excluding hydrogens is 271 g/mol. The fourth-order valence-electron chi connectivity index (χ4n) is 1.56. The van der Waals surface area contributed by atoms with Crippen molar-refractivity contribution in [2.45, 2.75) is 16.7 Å². The van der Waals surface area contributed by atoms with Crippen LogP contribution < -0.4 is 4.78 Å². The minimum atomic E-state index is -3.70. The minimum absolute atomic E-state index is 0.0376. The first-order valence-corrected chi connectivity index (χ1v) is 7.54. The Balaban J connectivity index is 2.55. The standard InChI is InChI=1S/C11H11BO4S2/c1-8-2-4-9(5-3-8)18(15,16)10-6-7-17-11(10)12(13)14/h2-7,13-14H,1H3. The average molecular weight is 282 g/mol. The van der Waals surface area contributed by atoms with Crippen LogP contribution in [-0.4, -0.2) is 25.6 Å². The van der Waals surface area contributed by atoms with Gasteiger partial charge in [0, 0.05) is 0 Å². The Hall–Kier alpha value is -1.15. The van der Waals surface area contributed by atoms with Crippen LogP contribution in [0.4, 0.5) is 0 Å². The lowest BCUT2D eigenvalue weighted by Crippen LogP contribution is -2.31. The van der Waals surface area contributed by atoms with Crippen molar-refractivity contribution in [1.82, 2.24) is 0 Å². The fourth-order valence-corrected chi connectivity index (χ4v) is 4.15. The summed E-state index contributed by atoms with van der Waals surface area (Å²) in [6.45, 7) is 1.86. The van der Waals surface area contributed by atoms with Gasteiger partial charge in [0.2, 0.25) is 9.84 Å². The Kier molecular flexibility index (Phi) is 3.58. The van der Waals surface area contributed by atoms with Crippen LogP contribution in [0.3, 0.4) is 0 Å². The molecule has 0 aliphatic carbocycles. The largest absolute Gasteiger partial charge is 0.500 e. The molecule has 18 heavy (non-hydrogen) atoms. The summed E-state index contributed by atoms with van der Waals surface area (Å²) in [6, 6.07) is 7.81. The van der Waals surface area contributed by atoms with Gasteiger partial charge >= 0.3 is 7.12 Å². The highest BCUT2D eigenvalue weighted by Gasteiger charge is 2.27. The summed E-state index contributed by atoms with van der Waals surface area (Å²) in [6.07, 6.45) is 0. The van der Waals surface area contributed by atoms with Crippen LogP contribution in [0.25, 0.3) is 0 Å². The maximum atomic E-state index is 12.3. The number of hydrogen-bond donors (Lipinski definition) is 2. The van der Waals surface area contributed by atoms with E-state index >= 15 is 0 Å². The Labute approximate surface area is 110 Å². The molecular formula is C11H11BO4S2. The third-order valence-corrected chi connectivity index (χ3v) is 5.43. The summed E-state index contributed by atoms with van der Waals surface area (Å²) in [5.41, 5.74) is 0.960. The average Bonchev–Trinajstić information content (AvgIpc) is 2.79. The Bertz CT molecular complexity index is 644. The highest BCUT2D eigenvalue weighted by molar-refractivity contribution is 7.92. The molecule has 0 aliphatic heterocycles. The van der Waals surface area contributed by atoms with Gasteiger partial charge in [-0.2, -0.15) is 11.3 Å². The molecule has 0 unspecified atom stereocenters. The van der Waals surface area contributed by atoms with Gasteiger partial charge in [0.15, 0.2) is 0 Å². The van der Waals surface area contributed by atoms with Gasteiger partial charge in [0.25, 0.3) is 0 Å². The Morgan fingerprint density at radius 2 is 1.72 bits per heavy atom. The first-order valence-electron chi connectivity index (χ1n) is 5.18. The quantitative estimate of drug-likeness (QED) is 0.807. The van der Waals surface area contributed by atoms with Crippen LogP contribution in [-0.2, 0) is 9.84 Å². The third-order valence-electron chi connectivity index (χ3n) is 2.51. The van der Waals surface area contributed by atoms with Gasteiger partial charge in [-0.3, -0.25) is 0 Å². The summed E-state index contributed by atoms with van der Waals surface area (Å²) >= 11 is 1.00. The summed E-state index contributed by atoms with van der Waals surface area (Å²) in [5.74, 6) is 0. The van der Waals surface area contributed by atoms with Gasteiger partial charge < -0.3 is 10.0 Å². The van der Waals surface area contributed by atoms with Gasteiger partial charge in [-0.25, -0.2) is 8.42 Å². The highest BCUT2D eigenvalue weighted by Crippen LogP contribution is 2.21. The molecule has 0 saturated heterocycles. The van der Waals surface area contributed by atoms with Gasteiger partial charge in [-0.05, 0) is 30.5 Å². The second-order valence-electron chi connectivity index (χ2n) is 3.84. The van der Waals surface area contributed by atoms with E-state index < -0.39 is 17.0 Å². The number of hydrogen-bond acceptors (Lipinski definition) is 5. The van der Waals surface area contributed by atoms with E-state index in [1.165, 1.54) is 23.6 Å². The van der Waals surface area contributed by atoms with E-state index in [1.54, 1.807) is 12.1 Å². The molecule has 7 heteroatoms. The van der Waals surface area contributed by atoms with Crippen LogP contribution in [0.15, 0.2) is 45.5 Å². The van der Waals surface area contributed by atoms with E-state index in [9.17, 15) is 8.42 Å². The zero-order valence-electron chi connectivity index (χ0n) is 9.57. The predicted molar refractivity (Wildman–Crippen MR) is 70.8 cm³/mol. The van der Waals surface area contributed by atoms with Crippen LogP contribution in [0.5, 0.6) is 0 Å². The molecule has 0 aliphatic rings. The molecule has 0 radical (unpaired) electrons. The molecule has 94 valence electrons. The van der Waals surface area contributed by atoms with Crippen molar-refractivity contribution in [2.75, 3.05) is 0 Å². The second-order valence-corrected chi connectivity index (χ2v) is 6.71. The molecule has 0 bridgehead atoms. The van der Waals surface area contributed by atoms with Crippen molar-refractivity contribution in [3.63, 3.8) is 0 Å². The van der Waals surface area contributed by atoms with E-state index in [0.717, 1.165) is 16.9 Å². The van der Waals surface area contributed by atoms with Gasteiger partial charge in [0.1, 0.15) is 0 Å². The zero-order chi connectivity index (χ0) is 13.3. The topological polar surface area (TPSA) is 74.6 Å². The van der Waals surface area contributed by atoms with Crippen LogP contribution >= 0.6 is 11.3 Å². The van der Waals surface area contributed by atoms with Crippen molar-refractivity contribution in [3.05, 3.63) is 41.3 Å². The van der Waals surface area contributed by atoms with Crippen LogP contribution in [0.2, 0.25) is 0 Å². The number of sulfone groups is 1. The molecule has 2 rings (SSSR count). The van der Waals surface area contributed by atoms with Crippen molar-refractivity contribution in [3.8, 4) is 0 Å². The Morgan fingerprint density at radius 3 is 2.28 bits per heavy atom. The molecule has 0 saturated carbocycles. The summed E-state index contributed by atoms with van der Waals surface area (Å²) in [5, 5.41) is 19.8. The van der Waals surface area contributed by atoms with Crippen molar-refractivity contribution >= 4 is 33.1 Å². The summed E-state index contributed by atoms with van der Waals surface area (Å²) in [4.78, 5) is 0.0970. The van der Waals surface area contributed by atoms with Crippen LogP contribution in [0, 0.1) is 6.92 Å². The van der Waals surface area contributed by atoms with Crippen molar-refractivity contribution in [2.24, 2.45) is 0 Å². The molecule has 2 N–H and O–H groups in total. The molecule has 0 fully saturated rings. The predicted octanol–water partition coefficient (Wildman–Crippen LogP) is 0.569. The smallest absolute Gasteiger partial charge is 0.423 e. The second kappa shape index (κ2) is 4.85. The first kappa shape index (κ1) is 13.3. The number of rotatable bonds is 3. The molecule has 1 heterocycles. The van der Waals surface area contributed by atoms with Crippen molar-refractivity contribution in [1.29, 1.82) is 0 Å². The van der Waals surface area contributed by atoms with E-state index in [-0.39, 0.29) is 14.6 Å². The van der Waals surface area contributed by atoms with E-state index in [0.29, 0.717) is 0 Å². The number of aryl methyl sites for hydroxylation is 1. The van der Waals surface area contributed by atoms with E-state index in [2.05, 4.69) is 0 Å². The van der Waals surface area contributed by atoms with Crippen molar-refractivity contribution < 1.29 is 18.5 Å². The summed E-state index contributed by atoms with van der Waals surface area (Å²) in [7, 11) is -5.48. The Morgan fingerprint density at radius 1 is 1.11 bits per heavy atom. The van der Waals surface area contributed by atoms with E-state index in [1.807, 2.05) is 6.92 Å². The highest BCUT2D eigenvalue weighted by atomic mass is 32.2. The molecule has 1 aromatic heterocycles. The molecule has 2 aromatic rings. The lowest BCUT2D eigenvalue weighted by Gasteiger charge is -2.05. The zero-order valence-corrected chi connectivity index (χ0v) is 11.2. The van der Waals surface area contributed by atoms with Crippen LogP contribution in [0.1, 0.15) is 5.56 Å². The monoisotopic (exact) mass is 282 g/mol. The lowest BCUT2D eigenvalue weighted by atomic mass is 9.90. The molecule has 0 atom stereocenters. The normalized spacial score (nSPS) is 11.5. The SMILES string of the molecule is Cc1ccc(S(=O)(=O)c2ccsc2B(O)O)cc1. The molecule has 4 nitrogen and oxygen atoms in total. The fraction of sp³-hybridized carbons (Fsp3) is 0.0909. The first-order chi connectivity index (χ1) is 8.43. The molecule has 1 aromatic carbocycles. The molecule has 0 amide bonds. The summed E-state index contributed by atoms with van der Waals surface area (Å²) < 4.78 is 24.7. The minimum Gasteiger partial charge on any atom is -0.423 e. The maximum absolute atomic E-state index is 12.3. The molecule has 0 spiro atoms. The lowest BCUT2D eigenvalue weighted by molar-refractivity contribution is 0.426. The van der Waals surface area contributed by atoms with Gasteiger partial charge in [-0.1, -0.05) is 17.7 Å². The number of thiophene rings is 1. The van der Waals surface area contributed by atoms with E-state index in [4.69, 9.17) is 10.0 Å². The van der Waals surface area contributed by atoms with Gasteiger partial charge in [-0.15, -0.1) is 0 Å². The maximum Gasteiger partial charge on any atom is 0.500 e. The third kappa shape index (κ3) is 2.35.